The first-order chi connectivity index (χ1) is 2.83. The Morgan fingerprint density at radius 3 is 1.67 bits per heavy atom. The van der Waals surface area contributed by atoms with Gasteiger partial charge in [0, 0.05) is 0 Å². The smallest absolute Gasteiger partial charge is 0.276 e. The van der Waals surface area contributed by atoms with Gasteiger partial charge in [0.05, 0.1) is 0 Å². The molecule has 0 bridgehead atoms. The summed E-state index contributed by atoms with van der Waals surface area (Å²) >= 11 is 5.18. The van der Waals surface area contributed by atoms with Crippen LogP contribution in [0.15, 0.2) is 0 Å². The average molecular weight is 321 g/mol. The van der Waals surface area contributed by atoms with E-state index in [1.165, 1.54) is 0 Å². The summed E-state index contributed by atoms with van der Waals surface area (Å²) in [5.74, 6) is 0. The number of hydrogen-bond donors (Lipinski definition) is 0. The van der Waals surface area contributed by atoms with Crippen molar-refractivity contribution in [3.63, 3.8) is 0 Å². The Kier molecular flexibility index (Phi) is 29.0. The third kappa shape index (κ3) is 34.3. The van der Waals surface area contributed by atoms with Gasteiger partial charge in [0.2, 0.25) is 0 Å². The third-order valence-corrected chi connectivity index (χ3v) is 0. The van der Waals surface area contributed by atoms with Gasteiger partial charge in [0.25, 0.3) is 0 Å². The molecule has 0 aromatic rings. The van der Waals surface area contributed by atoms with Crippen LogP contribution < -0.4 is 0 Å². The van der Waals surface area contributed by atoms with Crippen molar-refractivity contribution >= 4 is 50.3 Å². The molecule has 0 saturated carbocycles. The van der Waals surface area contributed by atoms with Crippen molar-refractivity contribution in [3.8, 4) is 0 Å². The monoisotopic (exact) mass is 321 g/mol. The first-order valence-corrected chi connectivity index (χ1v) is 12.0. The van der Waals surface area contributed by atoms with E-state index >= 15 is 0 Å². The zero-order valence-electron chi connectivity index (χ0n) is 3.88. The topological polar surface area (TPSA) is 0 Å². The molecule has 0 spiro atoms. The minimum absolute atomic E-state index is 0.357. The van der Waals surface area contributed by atoms with Gasteiger partial charge in [-0.1, -0.05) is 20.3 Å². The largest absolute Gasteiger partial charge is 0.552 e. The zero-order chi connectivity index (χ0) is 5.41. The molecular weight excluding hydrogens is 314 g/mol. The highest BCUT2D eigenvalue weighted by Gasteiger charge is 1.61. The number of halogens is 2. The molecule has 6 heavy (non-hydrogen) atoms. The lowest BCUT2D eigenvalue weighted by Gasteiger charge is -1.47. The first kappa shape index (κ1) is 11.1. The lowest BCUT2D eigenvalue weighted by molar-refractivity contribution is 1.23. The van der Waals surface area contributed by atoms with E-state index in [-0.39, 0.29) is 0 Å². The molecule has 0 nitrogen and oxygen atoms in total. The van der Waals surface area contributed by atoms with E-state index in [9.17, 15) is 0 Å². The maximum Gasteiger partial charge on any atom is 0.552 e. The second-order valence-corrected chi connectivity index (χ2v) is 14.1. The molecule has 0 N–H and O–H groups in total. The van der Waals surface area contributed by atoms with Gasteiger partial charge in [0.15, 0.2) is 0 Å². The van der Waals surface area contributed by atoms with Crippen LogP contribution >= 0.6 is 37.7 Å². The summed E-state index contributed by atoms with van der Waals surface area (Å²) in [6.07, 6.45) is 1.00. The number of hydrogen-bond acceptors (Lipinski definition) is 0. The quantitative estimate of drug-likeness (QED) is 0.475. The molecule has 0 heterocycles. The summed E-state index contributed by atoms with van der Waals surface area (Å²) in [4.78, 5) is 0. The molecule has 0 aromatic heterocycles. The van der Waals surface area contributed by atoms with Crippen molar-refractivity contribution in [2.45, 2.75) is 13.3 Å². The van der Waals surface area contributed by atoms with Gasteiger partial charge >= 0.3 is 12.6 Å². The fourth-order valence-electron chi connectivity index (χ4n) is 0. The summed E-state index contributed by atoms with van der Waals surface area (Å²) in [5.41, 5.74) is 0. The van der Waals surface area contributed by atoms with Crippen LogP contribution in [0.4, 0.5) is 0 Å². The van der Waals surface area contributed by atoms with Crippen molar-refractivity contribution in [1.82, 2.24) is 0 Å². The summed E-state index contributed by atoms with van der Waals surface area (Å²) < 4.78 is 0. The second kappa shape index (κ2) is 15.7. The van der Waals surface area contributed by atoms with Crippen molar-refractivity contribution in [1.29, 1.82) is 0 Å². The Labute approximate surface area is 69.3 Å². The van der Waals surface area contributed by atoms with Crippen molar-refractivity contribution in [2.75, 3.05) is 0 Å². The molecule has 0 aromatic carbocycles. The lowest BCUT2D eigenvalue weighted by atomic mass is 10.6. The van der Waals surface area contributed by atoms with Crippen molar-refractivity contribution in [2.24, 2.45) is 0 Å². The molecule has 0 unspecified atom stereocenters. The van der Waals surface area contributed by atoms with Gasteiger partial charge in [0.1, 0.15) is 0 Å². The lowest BCUT2D eigenvalue weighted by Crippen LogP contribution is -1.30. The van der Waals surface area contributed by atoms with Gasteiger partial charge in [-0.2, -0.15) is 0 Å². The van der Waals surface area contributed by atoms with Gasteiger partial charge in [-0.15, -0.1) is 0 Å². The minimum Gasteiger partial charge on any atom is -0.276 e. The molecule has 0 saturated heterocycles. The maximum absolute atomic E-state index is 3.49. The summed E-state index contributed by atoms with van der Waals surface area (Å²) in [5, 5.41) is 0. The van der Waals surface area contributed by atoms with Crippen LogP contribution in [-0.4, -0.2) is 12.6 Å². The van der Waals surface area contributed by atoms with E-state index in [4.69, 9.17) is 0 Å². The summed E-state index contributed by atoms with van der Waals surface area (Å²) in [7, 11) is 0. The van der Waals surface area contributed by atoms with Crippen LogP contribution in [0.25, 0.3) is 0 Å². The van der Waals surface area contributed by atoms with E-state index in [0.717, 1.165) is 6.42 Å². The van der Waals surface area contributed by atoms with Gasteiger partial charge < -0.3 is 0 Å². The van der Waals surface area contributed by atoms with Crippen LogP contribution in [0.2, 0.25) is 0 Å². The molecule has 0 aliphatic heterocycles. The molecule has 0 aliphatic rings. The fourth-order valence-corrected chi connectivity index (χ4v) is 0. The molecule has 0 rings (SSSR count). The predicted octanol–water partition coefficient (Wildman–Crippen LogP) is 2.62. The van der Waals surface area contributed by atoms with E-state index in [1.807, 2.05) is 6.92 Å². The predicted molar refractivity (Wildman–Crippen MR) is 49.4 cm³/mol. The molecule has 3 heteroatoms. The molecule has 35 valence electrons. The first-order valence-electron chi connectivity index (χ1n) is 1.74. The molecular formula is C3H7I2Mg. The minimum atomic E-state index is 0.357. The number of rotatable bonds is 0. The maximum atomic E-state index is 3.49. The SMILES string of the molecule is [CH2]CC.[I][Mg][I]. The summed E-state index contributed by atoms with van der Waals surface area (Å²) in [6, 6.07) is 0. The van der Waals surface area contributed by atoms with Crippen molar-refractivity contribution < 1.29 is 0 Å². The van der Waals surface area contributed by atoms with E-state index in [1.54, 1.807) is 0 Å². The Morgan fingerprint density at radius 1 is 1.67 bits per heavy atom. The Morgan fingerprint density at radius 2 is 1.67 bits per heavy atom. The highest BCUT2D eigenvalue weighted by molar-refractivity contribution is 14.3. The van der Waals surface area contributed by atoms with E-state index in [0.29, 0.717) is 12.6 Å². The van der Waals surface area contributed by atoms with Gasteiger partial charge in [-0.25, -0.2) is 0 Å². The highest BCUT2D eigenvalue weighted by Crippen LogP contribution is 1.80. The summed E-state index contributed by atoms with van der Waals surface area (Å²) in [6.45, 7) is 5.50. The Hall–Kier alpha value is 2.23. The van der Waals surface area contributed by atoms with Crippen molar-refractivity contribution in [3.05, 3.63) is 6.92 Å². The molecule has 1 radical (unpaired) electrons. The molecule has 0 atom stereocenters. The van der Waals surface area contributed by atoms with Crippen LogP contribution in [0.3, 0.4) is 0 Å². The molecule has 0 aliphatic carbocycles. The average Bonchev–Trinajstić information content (AvgIpc) is 1.39. The zero-order valence-corrected chi connectivity index (χ0v) is 9.61. The van der Waals surface area contributed by atoms with E-state index < -0.39 is 0 Å². The Balaban J connectivity index is 0. The van der Waals surface area contributed by atoms with Crippen LogP contribution in [0.5, 0.6) is 0 Å². The van der Waals surface area contributed by atoms with E-state index in [2.05, 4.69) is 44.6 Å². The van der Waals surface area contributed by atoms with Gasteiger partial charge in [-0.05, 0) is 0 Å². The van der Waals surface area contributed by atoms with Gasteiger partial charge in [-0.3, -0.25) is 37.7 Å². The van der Waals surface area contributed by atoms with Crippen LogP contribution in [0, 0.1) is 6.92 Å². The second-order valence-electron chi connectivity index (χ2n) is 0.601. The van der Waals surface area contributed by atoms with Crippen LogP contribution in [0.1, 0.15) is 13.3 Å². The fraction of sp³-hybridized carbons (Fsp3) is 0.667. The third-order valence-electron chi connectivity index (χ3n) is 0. The van der Waals surface area contributed by atoms with Crippen LogP contribution in [-0.2, 0) is 0 Å². The Bertz CT molecular complexity index is 10.8. The highest BCUT2D eigenvalue weighted by atomic mass is 127. The normalized spacial score (nSPS) is 4.67. The molecule has 0 fully saturated rings. The molecule has 0 amide bonds. The standard InChI is InChI=1S/C3H7.2HI.Mg/c1-3-2;;;/h1,3H2,2H3;2*1H;/q;;;+2/p-2.